The summed E-state index contributed by atoms with van der Waals surface area (Å²) < 4.78 is 5.40. The summed E-state index contributed by atoms with van der Waals surface area (Å²) in [5.74, 6) is -1.08. The van der Waals surface area contributed by atoms with Crippen LogP contribution in [-0.4, -0.2) is 11.1 Å². The molecule has 0 heterocycles. The fraction of sp³-hybridized carbons (Fsp3) is 0. The van der Waals surface area contributed by atoms with E-state index in [9.17, 15) is 15.2 Å². The average Bonchev–Trinajstić information content (AvgIpc) is 2.87. The Kier molecular flexibility index (Phi) is 6.64. The highest BCUT2D eigenvalue weighted by atomic mass is 31.2. The third kappa shape index (κ3) is 4.55. The Morgan fingerprint density at radius 2 is 1.24 bits per heavy atom. The van der Waals surface area contributed by atoms with Crippen molar-refractivity contribution in [3.63, 3.8) is 0 Å². The van der Waals surface area contributed by atoms with Crippen LogP contribution in [0.1, 0.15) is 11.1 Å². The van der Waals surface area contributed by atoms with E-state index in [-0.39, 0.29) is 0 Å². The quantitative estimate of drug-likeness (QED) is 0.314. The molecule has 0 aliphatic rings. The van der Waals surface area contributed by atoms with Gasteiger partial charge in [0.2, 0.25) is 0 Å². The Morgan fingerprint density at radius 1 is 0.758 bits per heavy atom. The van der Waals surface area contributed by atoms with Crippen LogP contribution < -0.4 is 15.9 Å². The molecule has 0 aromatic heterocycles. The maximum Gasteiger partial charge on any atom is 0.328 e. The summed E-state index contributed by atoms with van der Waals surface area (Å²) in [6, 6.07) is 37.9. The lowest BCUT2D eigenvalue weighted by molar-refractivity contribution is -0.131. The van der Waals surface area contributed by atoms with Crippen LogP contribution in [0.2, 0.25) is 0 Å². The minimum atomic E-state index is -2.55. The molecule has 0 radical (unpaired) electrons. The molecule has 5 heteroatoms. The van der Waals surface area contributed by atoms with Gasteiger partial charge in [-0.3, -0.25) is 4.74 Å². The molecular formula is C28H21N2O2P. The summed E-state index contributed by atoms with van der Waals surface area (Å²) in [7, 11) is -2.55. The SMILES string of the molecule is N#Cc1cccc(N=P(c2ccccc2)(c2ccccc2)c2ccccc2)c1/C=C/C(=O)O. The van der Waals surface area contributed by atoms with E-state index < -0.39 is 13.0 Å². The molecular weight excluding hydrogens is 427 g/mol. The van der Waals surface area contributed by atoms with Gasteiger partial charge in [0, 0.05) is 27.6 Å². The number of aliphatic carboxylic acids is 1. The number of rotatable bonds is 6. The number of carboxylic acids is 1. The second-order valence-electron chi connectivity index (χ2n) is 7.26. The molecule has 0 aliphatic carbocycles. The lowest BCUT2D eigenvalue weighted by Gasteiger charge is -2.27. The summed E-state index contributed by atoms with van der Waals surface area (Å²) in [5, 5.41) is 22.1. The summed E-state index contributed by atoms with van der Waals surface area (Å²) in [5.41, 5.74) is 1.45. The van der Waals surface area contributed by atoms with Gasteiger partial charge in [-0.05, 0) is 18.2 Å². The lowest BCUT2D eigenvalue weighted by Crippen LogP contribution is -2.25. The lowest BCUT2D eigenvalue weighted by atomic mass is 10.1. The highest BCUT2D eigenvalue weighted by molar-refractivity contribution is 7.87. The predicted octanol–water partition coefficient (Wildman–Crippen LogP) is 5.47. The van der Waals surface area contributed by atoms with Crippen LogP contribution in [0.4, 0.5) is 5.69 Å². The van der Waals surface area contributed by atoms with Crippen molar-refractivity contribution in [3.05, 3.63) is 126 Å². The van der Waals surface area contributed by atoms with Crippen molar-refractivity contribution in [2.45, 2.75) is 0 Å². The monoisotopic (exact) mass is 448 g/mol. The van der Waals surface area contributed by atoms with Crippen molar-refractivity contribution < 1.29 is 9.90 Å². The fourth-order valence-corrected chi connectivity index (χ4v) is 7.33. The first-order valence-electron chi connectivity index (χ1n) is 10.4. The highest BCUT2D eigenvalue weighted by Gasteiger charge is 2.27. The van der Waals surface area contributed by atoms with Crippen LogP contribution in [0, 0.1) is 11.3 Å². The van der Waals surface area contributed by atoms with Crippen LogP contribution in [0.5, 0.6) is 0 Å². The molecule has 4 nitrogen and oxygen atoms in total. The van der Waals surface area contributed by atoms with Crippen molar-refractivity contribution in [2.24, 2.45) is 4.74 Å². The van der Waals surface area contributed by atoms with E-state index >= 15 is 0 Å². The van der Waals surface area contributed by atoms with E-state index in [2.05, 4.69) is 42.5 Å². The second-order valence-corrected chi connectivity index (χ2v) is 10.3. The van der Waals surface area contributed by atoms with Crippen LogP contribution >= 0.6 is 7.05 Å². The number of carbonyl (C=O) groups is 1. The molecule has 0 spiro atoms. The van der Waals surface area contributed by atoms with E-state index in [1.54, 1.807) is 12.1 Å². The molecule has 0 bridgehead atoms. The Bertz CT molecular complexity index is 1290. The van der Waals surface area contributed by atoms with E-state index in [4.69, 9.17) is 4.74 Å². The van der Waals surface area contributed by atoms with Gasteiger partial charge in [-0.15, -0.1) is 0 Å². The van der Waals surface area contributed by atoms with Gasteiger partial charge in [-0.1, -0.05) is 97.1 Å². The molecule has 0 aliphatic heterocycles. The summed E-state index contributed by atoms with van der Waals surface area (Å²) in [4.78, 5) is 11.2. The third-order valence-corrected chi connectivity index (χ3v) is 8.90. The Labute approximate surface area is 193 Å². The molecule has 4 rings (SSSR count). The van der Waals surface area contributed by atoms with Gasteiger partial charge in [0.15, 0.2) is 0 Å². The third-order valence-electron chi connectivity index (χ3n) is 5.24. The van der Waals surface area contributed by atoms with E-state index in [0.29, 0.717) is 16.8 Å². The van der Waals surface area contributed by atoms with Crippen LogP contribution in [0.3, 0.4) is 0 Å². The van der Waals surface area contributed by atoms with Gasteiger partial charge in [0.1, 0.15) is 0 Å². The standard InChI is InChI=1S/C28H21N2O2P/c29-21-22-11-10-18-27(26(22)19-20-28(31)32)30-33(23-12-4-1-5-13-23,24-14-6-2-7-15-24)25-16-8-3-9-17-25/h1-20H,(H,31,32)/b20-19+. The second kappa shape index (κ2) is 9.96. The van der Waals surface area contributed by atoms with Crippen LogP contribution in [0.25, 0.3) is 6.08 Å². The van der Waals surface area contributed by atoms with Crippen LogP contribution in [-0.2, 0) is 4.79 Å². The predicted molar refractivity (Wildman–Crippen MR) is 135 cm³/mol. The normalized spacial score (nSPS) is 11.1. The molecule has 4 aromatic rings. The maximum absolute atomic E-state index is 11.2. The number of carboxylic acid groups (broad SMARTS) is 1. The number of nitrogens with zero attached hydrogens (tertiary/aromatic N) is 2. The van der Waals surface area contributed by atoms with Crippen molar-refractivity contribution >= 4 is 40.7 Å². The Morgan fingerprint density at radius 3 is 1.67 bits per heavy atom. The number of hydrogen-bond acceptors (Lipinski definition) is 3. The first kappa shape index (κ1) is 22.0. The molecule has 0 amide bonds. The molecule has 1 N–H and O–H groups in total. The first-order chi connectivity index (χ1) is 16.1. The molecule has 0 atom stereocenters. The Hall–Kier alpha value is -4.19. The molecule has 0 unspecified atom stereocenters. The largest absolute Gasteiger partial charge is 0.478 e. The molecule has 4 aromatic carbocycles. The Balaban J connectivity index is 2.16. The van der Waals surface area contributed by atoms with E-state index in [0.717, 1.165) is 22.0 Å². The van der Waals surface area contributed by atoms with E-state index in [1.165, 1.54) is 6.08 Å². The zero-order valence-corrected chi connectivity index (χ0v) is 18.6. The summed E-state index contributed by atoms with van der Waals surface area (Å²) in [6.07, 6.45) is 2.50. The van der Waals surface area contributed by atoms with Crippen molar-refractivity contribution in [1.29, 1.82) is 5.26 Å². The smallest absolute Gasteiger partial charge is 0.328 e. The molecule has 0 saturated carbocycles. The number of benzene rings is 4. The zero-order valence-electron chi connectivity index (χ0n) is 17.7. The van der Waals surface area contributed by atoms with Gasteiger partial charge in [-0.2, -0.15) is 5.26 Å². The molecule has 160 valence electrons. The summed E-state index contributed by atoms with van der Waals surface area (Å²) >= 11 is 0. The van der Waals surface area contributed by atoms with Crippen LogP contribution in [0.15, 0.2) is 120 Å². The van der Waals surface area contributed by atoms with Crippen molar-refractivity contribution in [2.75, 3.05) is 0 Å². The summed E-state index contributed by atoms with van der Waals surface area (Å²) in [6.45, 7) is 0. The molecule has 33 heavy (non-hydrogen) atoms. The molecule has 0 fully saturated rings. The maximum atomic E-state index is 11.2. The average molecular weight is 448 g/mol. The first-order valence-corrected chi connectivity index (χ1v) is 12.1. The number of hydrogen-bond donors (Lipinski definition) is 1. The van der Waals surface area contributed by atoms with Gasteiger partial charge >= 0.3 is 5.97 Å². The topological polar surface area (TPSA) is 73.5 Å². The van der Waals surface area contributed by atoms with Crippen molar-refractivity contribution in [3.8, 4) is 6.07 Å². The molecule has 0 saturated heterocycles. The van der Waals surface area contributed by atoms with Gasteiger partial charge in [0.05, 0.1) is 24.4 Å². The number of nitriles is 1. The minimum Gasteiger partial charge on any atom is -0.478 e. The minimum absolute atomic E-state index is 0.376. The zero-order chi connectivity index (χ0) is 23.1. The van der Waals surface area contributed by atoms with Gasteiger partial charge in [0.25, 0.3) is 0 Å². The van der Waals surface area contributed by atoms with Gasteiger partial charge < -0.3 is 5.11 Å². The highest BCUT2D eigenvalue weighted by Crippen LogP contribution is 2.50. The van der Waals surface area contributed by atoms with Crippen molar-refractivity contribution in [1.82, 2.24) is 0 Å². The van der Waals surface area contributed by atoms with Gasteiger partial charge in [-0.25, -0.2) is 4.79 Å². The van der Waals surface area contributed by atoms with E-state index in [1.807, 2.05) is 60.7 Å². The fourth-order valence-electron chi connectivity index (χ4n) is 3.78.